The summed E-state index contributed by atoms with van der Waals surface area (Å²) < 4.78 is 32.1. The third kappa shape index (κ3) is 3.54. The molecule has 1 aliphatic rings. The van der Waals surface area contributed by atoms with Gasteiger partial charge >= 0.3 is 0 Å². The number of aromatic amines is 1. The van der Waals surface area contributed by atoms with E-state index >= 15 is 0 Å². The molecule has 0 bridgehead atoms. The van der Waals surface area contributed by atoms with Gasteiger partial charge in [0.15, 0.2) is 5.82 Å². The number of H-pyrrole nitrogens is 1. The molecule has 28 heavy (non-hydrogen) atoms. The highest BCUT2D eigenvalue weighted by molar-refractivity contribution is 8.00. The van der Waals surface area contributed by atoms with Gasteiger partial charge < -0.3 is 15.0 Å². The Labute approximate surface area is 164 Å². The van der Waals surface area contributed by atoms with Gasteiger partial charge in [0, 0.05) is 18.5 Å². The van der Waals surface area contributed by atoms with E-state index in [-0.39, 0.29) is 11.3 Å². The molecule has 0 amide bonds. The zero-order valence-corrected chi connectivity index (χ0v) is 16.0. The molecule has 146 valence electrons. The first-order chi connectivity index (χ1) is 13.6. The maximum Gasteiger partial charge on any atom is 0.201 e. The fourth-order valence-corrected chi connectivity index (χ4v) is 3.42. The van der Waals surface area contributed by atoms with Crippen LogP contribution in [0.2, 0.25) is 0 Å². The van der Waals surface area contributed by atoms with Crippen molar-refractivity contribution in [1.82, 2.24) is 15.0 Å². The number of aromatic nitrogens is 3. The Morgan fingerprint density at radius 3 is 2.89 bits per heavy atom. The van der Waals surface area contributed by atoms with Crippen molar-refractivity contribution in [2.75, 3.05) is 22.3 Å². The van der Waals surface area contributed by atoms with Crippen LogP contribution in [0, 0.1) is 17.6 Å². The summed E-state index contributed by atoms with van der Waals surface area (Å²) in [6, 6.07) is 2.37. The lowest BCUT2D eigenvalue weighted by molar-refractivity contribution is 0.103. The number of rotatable bonds is 8. The van der Waals surface area contributed by atoms with Gasteiger partial charge in [-0.15, -0.1) is 0 Å². The molecule has 9 heteroatoms. The number of halogens is 2. The first-order valence-corrected chi connectivity index (χ1v) is 10.0. The normalized spacial score (nSPS) is 13.7. The Morgan fingerprint density at radius 1 is 1.32 bits per heavy atom. The quantitative estimate of drug-likeness (QED) is 0.383. The van der Waals surface area contributed by atoms with Gasteiger partial charge in [-0.05, 0) is 30.9 Å². The van der Waals surface area contributed by atoms with Crippen molar-refractivity contribution in [3.63, 3.8) is 0 Å². The molecule has 4 rings (SSSR count). The lowest BCUT2D eigenvalue weighted by atomic mass is 10.0. The molecule has 6 nitrogen and oxygen atoms in total. The number of hydrogen-bond acceptors (Lipinski definition) is 6. The third-order valence-corrected chi connectivity index (χ3v) is 5.27. The topological polar surface area (TPSA) is 82.7 Å². The molecule has 2 heterocycles. The second kappa shape index (κ2) is 7.75. The van der Waals surface area contributed by atoms with E-state index in [0.717, 1.165) is 25.5 Å². The summed E-state index contributed by atoms with van der Waals surface area (Å²) in [5.74, 6) is -0.806. The molecule has 3 N–H and O–H groups in total. The van der Waals surface area contributed by atoms with Crippen LogP contribution in [-0.2, 0) is 0 Å². The van der Waals surface area contributed by atoms with Crippen LogP contribution < -0.4 is 10.0 Å². The molecule has 3 aromatic rings. The number of carbonyl (C=O) groups is 1. The first-order valence-electron chi connectivity index (χ1n) is 9.06. The Balaban J connectivity index is 1.75. The fourth-order valence-electron chi connectivity index (χ4n) is 2.96. The van der Waals surface area contributed by atoms with E-state index in [1.165, 1.54) is 30.5 Å². The van der Waals surface area contributed by atoms with Crippen molar-refractivity contribution in [2.45, 2.75) is 19.8 Å². The van der Waals surface area contributed by atoms with Gasteiger partial charge in [0.05, 0.1) is 22.2 Å². The third-order valence-electron chi connectivity index (χ3n) is 4.61. The molecule has 0 aliphatic heterocycles. The predicted molar refractivity (Wildman–Crippen MR) is 107 cm³/mol. The predicted octanol–water partition coefficient (Wildman–Crippen LogP) is 4.37. The van der Waals surface area contributed by atoms with E-state index in [9.17, 15) is 13.6 Å². The van der Waals surface area contributed by atoms with Gasteiger partial charge in [0.1, 0.15) is 23.6 Å². The first kappa shape index (κ1) is 18.7. The van der Waals surface area contributed by atoms with Gasteiger partial charge in [-0.3, -0.25) is 4.79 Å². The van der Waals surface area contributed by atoms with Crippen LogP contribution >= 0.6 is 11.9 Å². The molecule has 1 fully saturated rings. The molecule has 1 aliphatic carbocycles. The average molecular weight is 403 g/mol. The number of nitrogens with one attached hydrogen (secondary N) is 3. The highest BCUT2D eigenvalue weighted by Crippen LogP contribution is 2.32. The lowest BCUT2D eigenvalue weighted by Gasteiger charge is -2.11. The summed E-state index contributed by atoms with van der Waals surface area (Å²) in [6.07, 6.45) is 5.12. The summed E-state index contributed by atoms with van der Waals surface area (Å²) in [7, 11) is 0. The van der Waals surface area contributed by atoms with Crippen molar-refractivity contribution >= 4 is 40.3 Å². The highest BCUT2D eigenvalue weighted by Gasteiger charge is 2.27. The number of nitrogens with zero attached hydrogens (tertiary/aromatic N) is 2. The van der Waals surface area contributed by atoms with E-state index in [1.807, 2.05) is 6.92 Å². The number of fused-ring (bicyclic) bond motifs is 1. The minimum atomic E-state index is -0.912. The molecule has 0 atom stereocenters. The van der Waals surface area contributed by atoms with Crippen molar-refractivity contribution in [3.05, 3.63) is 47.4 Å². The van der Waals surface area contributed by atoms with Gasteiger partial charge in [-0.2, -0.15) is 0 Å². The lowest BCUT2D eigenvalue weighted by Crippen LogP contribution is -2.11. The van der Waals surface area contributed by atoms with Crippen LogP contribution in [0.4, 0.5) is 20.3 Å². The number of ketones is 1. The minimum absolute atomic E-state index is 0.0692. The highest BCUT2D eigenvalue weighted by atomic mass is 32.2. The summed E-state index contributed by atoms with van der Waals surface area (Å²) in [4.78, 5) is 24.3. The van der Waals surface area contributed by atoms with Crippen LogP contribution in [0.15, 0.2) is 24.7 Å². The minimum Gasteiger partial charge on any atom is -0.369 e. The summed E-state index contributed by atoms with van der Waals surface area (Å²) in [6.45, 7) is 2.63. The molecular weight excluding hydrogens is 384 g/mol. The molecule has 0 radical (unpaired) electrons. The Kier molecular flexibility index (Phi) is 5.17. The monoisotopic (exact) mass is 403 g/mol. The number of carbonyl (C=O) groups excluding carboxylic acids is 1. The van der Waals surface area contributed by atoms with Crippen molar-refractivity contribution in [2.24, 2.45) is 5.92 Å². The van der Waals surface area contributed by atoms with Crippen molar-refractivity contribution < 1.29 is 13.6 Å². The fraction of sp³-hybridized carbons (Fsp3) is 0.316. The summed E-state index contributed by atoms with van der Waals surface area (Å²) >= 11 is 1.26. The van der Waals surface area contributed by atoms with E-state index in [0.29, 0.717) is 28.5 Å². The van der Waals surface area contributed by atoms with Gasteiger partial charge in [-0.1, -0.05) is 18.9 Å². The van der Waals surface area contributed by atoms with Crippen molar-refractivity contribution in [1.29, 1.82) is 0 Å². The van der Waals surface area contributed by atoms with Crippen LogP contribution in [0.1, 0.15) is 35.7 Å². The van der Waals surface area contributed by atoms with Gasteiger partial charge in [0.25, 0.3) is 0 Å². The Morgan fingerprint density at radius 2 is 2.14 bits per heavy atom. The standard InChI is InChI=1S/C19H19F2N5OS/c1-2-28-26-13-6-5-12(20)15(16(13)21)17(27)11-8-23-19-14(11)18(24-9-25-19)22-7-10-3-4-10/h5-6,8-10,26H,2-4,7H2,1H3,(H2,22,23,24,25). The van der Waals surface area contributed by atoms with Gasteiger partial charge in [0.2, 0.25) is 5.78 Å². The number of benzene rings is 1. The molecular formula is C19H19F2N5OS. The Hall–Kier alpha value is -2.68. The summed E-state index contributed by atoms with van der Waals surface area (Å²) in [5.41, 5.74) is 0.0413. The van der Waals surface area contributed by atoms with Gasteiger partial charge in [-0.25, -0.2) is 18.7 Å². The number of hydrogen-bond donors (Lipinski definition) is 3. The van der Waals surface area contributed by atoms with Crippen LogP contribution in [0.3, 0.4) is 0 Å². The average Bonchev–Trinajstić information content (AvgIpc) is 3.42. The van der Waals surface area contributed by atoms with E-state index < -0.39 is 23.0 Å². The zero-order chi connectivity index (χ0) is 19.7. The Bertz CT molecular complexity index is 1030. The van der Waals surface area contributed by atoms with E-state index in [4.69, 9.17) is 0 Å². The van der Waals surface area contributed by atoms with Crippen molar-refractivity contribution in [3.8, 4) is 0 Å². The molecule has 1 saturated carbocycles. The maximum absolute atomic E-state index is 14.9. The molecule has 0 spiro atoms. The zero-order valence-electron chi connectivity index (χ0n) is 15.2. The SMILES string of the molecule is CCSNc1ccc(F)c(C(=O)c2c[nH]c3ncnc(NCC4CC4)c23)c1F. The molecule has 0 unspecified atom stereocenters. The largest absolute Gasteiger partial charge is 0.369 e. The number of anilines is 2. The van der Waals surface area contributed by atoms with Crippen LogP contribution in [-0.4, -0.2) is 33.0 Å². The molecule has 2 aromatic heterocycles. The summed E-state index contributed by atoms with van der Waals surface area (Å²) in [5, 5.41) is 3.66. The second-order valence-electron chi connectivity index (χ2n) is 6.62. The molecule has 0 saturated heterocycles. The van der Waals surface area contributed by atoms with Crippen LogP contribution in [0.25, 0.3) is 11.0 Å². The van der Waals surface area contributed by atoms with E-state index in [2.05, 4.69) is 25.0 Å². The smallest absolute Gasteiger partial charge is 0.201 e. The second-order valence-corrected chi connectivity index (χ2v) is 7.69. The van der Waals surface area contributed by atoms with E-state index in [1.54, 1.807) is 0 Å². The van der Waals surface area contributed by atoms with Crippen LogP contribution in [0.5, 0.6) is 0 Å². The maximum atomic E-state index is 14.9. The molecule has 1 aromatic carbocycles.